The van der Waals surface area contributed by atoms with Crippen LogP contribution in [0.4, 0.5) is 4.39 Å². The van der Waals surface area contributed by atoms with Crippen molar-refractivity contribution in [2.75, 3.05) is 6.54 Å². The Morgan fingerprint density at radius 3 is 2.55 bits per heavy atom. The summed E-state index contributed by atoms with van der Waals surface area (Å²) >= 11 is 3.38. The third-order valence-electron chi connectivity index (χ3n) is 3.20. The van der Waals surface area contributed by atoms with Crippen LogP contribution < -0.4 is 5.32 Å². The van der Waals surface area contributed by atoms with Crippen LogP contribution in [-0.2, 0) is 0 Å². The van der Waals surface area contributed by atoms with Crippen LogP contribution in [0, 0.1) is 5.82 Å². The summed E-state index contributed by atoms with van der Waals surface area (Å²) in [5.74, 6) is -0.247. The van der Waals surface area contributed by atoms with Crippen LogP contribution in [0.3, 0.4) is 0 Å². The van der Waals surface area contributed by atoms with E-state index in [2.05, 4.69) is 21.2 Å². The molecule has 2 unspecified atom stereocenters. The molecule has 0 aliphatic heterocycles. The summed E-state index contributed by atoms with van der Waals surface area (Å²) < 4.78 is 14.1. The minimum atomic E-state index is -0.594. The fourth-order valence-corrected chi connectivity index (χ4v) is 2.43. The first-order valence-corrected chi connectivity index (χ1v) is 7.28. The number of aliphatic hydroxyl groups is 1. The van der Waals surface area contributed by atoms with E-state index in [1.54, 1.807) is 6.07 Å². The molecule has 0 heterocycles. The summed E-state index contributed by atoms with van der Waals surface area (Å²) in [5, 5.41) is 13.3. The standard InChI is InChI=1S/C16H17BrFNO/c1-11(12-4-3-7-15(18)9-12)19-10-16(20)13-5-2-6-14(17)8-13/h2-9,11,16,19-20H,10H2,1H3. The average Bonchev–Trinajstić information content (AvgIpc) is 2.44. The molecule has 0 fully saturated rings. The van der Waals surface area contributed by atoms with Gasteiger partial charge < -0.3 is 10.4 Å². The highest BCUT2D eigenvalue weighted by Gasteiger charge is 2.11. The summed E-state index contributed by atoms with van der Waals surface area (Å²) in [6, 6.07) is 14.0. The topological polar surface area (TPSA) is 32.3 Å². The van der Waals surface area contributed by atoms with Gasteiger partial charge in [-0.05, 0) is 42.3 Å². The largest absolute Gasteiger partial charge is 0.387 e. The Hall–Kier alpha value is -1.23. The highest BCUT2D eigenvalue weighted by Crippen LogP contribution is 2.19. The first-order chi connectivity index (χ1) is 9.56. The number of halogens is 2. The Kier molecular flexibility index (Phi) is 5.29. The Labute approximate surface area is 126 Å². The average molecular weight is 338 g/mol. The summed E-state index contributed by atoms with van der Waals surface area (Å²) in [6.45, 7) is 2.36. The zero-order valence-electron chi connectivity index (χ0n) is 11.2. The van der Waals surface area contributed by atoms with Crippen molar-refractivity contribution in [2.24, 2.45) is 0 Å². The molecule has 2 aromatic carbocycles. The Morgan fingerprint density at radius 1 is 1.15 bits per heavy atom. The Morgan fingerprint density at radius 2 is 1.85 bits per heavy atom. The van der Waals surface area contributed by atoms with Gasteiger partial charge in [0.05, 0.1) is 6.10 Å². The van der Waals surface area contributed by atoms with Gasteiger partial charge >= 0.3 is 0 Å². The second-order valence-electron chi connectivity index (χ2n) is 4.76. The van der Waals surface area contributed by atoms with E-state index in [-0.39, 0.29) is 11.9 Å². The number of hydrogen-bond donors (Lipinski definition) is 2. The number of hydrogen-bond acceptors (Lipinski definition) is 2. The maximum absolute atomic E-state index is 13.2. The zero-order chi connectivity index (χ0) is 14.5. The Bertz CT molecular complexity index is 524. The molecule has 2 atom stereocenters. The molecular weight excluding hydrogens is 321 g/mol. The van der Waals surface area contributed by atoms with Gasteiger partial charge in [-0.25, -0.2) is 4.39 Å². The summed E-state index contributed by atoms with van der Waals surface area (Å²) in [6.07, 6.45) is -0.594. The molecule has 4 heteroatoms. The molecule has 2 rings (SSSR count). The minimum Gasteiger partial charge on any atom is -0.387 e. The monoisotopic (exact) mass is 337 g/mol. The molecule has 106 valence electrons. The van der Waals surface area contributed by atoms with Crippen molar-refractivity contribution in [3.8, 4) is 0 Å². The van der Waals surface area contributed by atoms with Crippen molar-refractivity contribution >= 4 is 15.9 Å². The van der Waals surface area contributed by atoms with Crippen LogP contribution in [0.25, 0.3) is 0 Å². The molecular formula is C16H17BrFNO. The summed E-state index contributed by atoms with van der Waals surface area (Å²) in [4.78, 5) is 0. The quantitative estimate of drug-likeness (QED) is 0.865. The van der Waals surface area contributed by atoms with Gasteiger partial charge in [0.1, 0.15) is 5.82 Å². The Balaban J connectivity index is 1.94. The molecule has 0 aliphatic rings. The maximum atomic E-state index is 13.2. The van der Waals surface area contributed by atoms with Gasteiger partial charge in [-0.2, -0.15) is 0 Å². The zero-order valence-corrected chi connectivity index (χ0v) is 12.8. The van der Waals surface area contributed by atoms with Gasteiger partial charge in [0.15, 0.2) is 0 Å². The van der Waals surface area contributed by atoms with Crippen LogP contribution in [-0.4, -0.2) is 11.7 Å². The predicted molar refractivity (Wildman–Crippen MR) is 81.9 cm³/mol. The molecule has 20 heavy (non-hydrogen) atoms. The van der Waals surface area contributed by atoms with E-state index in [1.165, 1.54) is 12.1 Å². The van der Waals surface area contributed by atoms with Crippen LogP contribution in [0.1, 0.15) is 30.2 Å². The second-order valence-corrected chi connectivity index (χ2v) is 5.67. The first kappa shape index (κ1) is 15.2. The lowest BCUT2D eigenvalue weighted by atomic mass is 10.1. The lowest BCUT2D eigenvalue weighted by Crippen LogP contribution is -2.24. The van der Waals surface area contributed by atoms with Gasteiger partial charge in [0, 0.05) is 17.1 Å². The van der Waals surface area contributed by atoms with Crippen molar-refractivity contribution in [3.05, 3.63) is 69.9 Å². The van der Waals surface area contributed by atoms with Crippen LogP contribution >= 0.6 is 15.9 Å². The predicted octanol–water partition coefficient (Wildman–Crippen LogP) is 3.97. The van der Waals surface area contributed by atoms with E-state index in [4.69, 9.17) is 0 Å². The van der Waals surface area contributed by atoms with E-state index < -0.39 is 6.10 Å². The second kappa shape index (κ2) is 6.97. The van der Waals surface area contributed by atoms with Gasteiger partial charge in [0.2, 0.25) is 0 Å². The van der Waals surface area contributed by atoms with Crippen LogP contribution in [0.15, 0.2) is 53.0 Å². The highest BCUT2D eigenvalue weighted by molar-refractivity contribution is 9.10. The van der Waals surface area contributed by atoms with Crippen LogP contribution in [0.5, 0.6) is 0 Å². The fraction of sp³-hybridized carbons (Fsp3) is 0.250. The number of rotatable bonds is 5. The van der Waals surface area contributed by atoms with E-state index in [0.717, 1.165) is 15.6 Å². The molecule has 2 aromatic rings. The van der Waals surface area contributed by atoms with Gasteiger partial charge in [-0.1, -0.05) is 40.2 Å². The third kappa shape index (κ3) is 4.13. The molecule has 0 amide bonds. The summed E-state index contributed by atoms with van der Waals surface area (Å²) in [5.41, 5.74) is 1.71. The van der Waals surface area contributed by atoms with E-state index in [1.807, 2.05) is 37.3 Å². The lowest BCUT2D eigenvalue weighted by molar-refractivity contribution is 0.170. The van der Waals surface area contributed by atoms with E-state index in [9.17, 15) is 9.50 Å². The molecule has 0 spiro atoms. The smallest absolute Gasteiger partial charge is 0.123 e. The van der Waals surface area contributed by atoms with Gasteiger partial charge in [-0.15, -0.1) is 0 Å². The molecule has 2 N–H and O–H groups in total. The van der Waals surface area contributed by atoms with Crippen molar-refractivity contribution in [2.45, 2.75) is 19.1 Å². The lowest BCUT2D eigenvalue weighted by Gasteiger charge is -2.18. The molecule has 0 bridgehead atoms. The SMILES string of the molecule is CC(NCC(O)c1cccc(Br)c1)c1cccc(F)c1. The molecule has 0 radical (unpaired) electrons. The van der Waals surface area contributed by atoms with Gasteiger partial charge in [-0.3, -0.25) is 0 Å². The maximum Gasteiger partial charge on any atom is 0.123 e. The number of benzene rings is 2. The summed E-state index contributed by atoms with van der Waals surface area (Å²) in [7, 11) is 0. The molecule has 0 saturated carbocycles. The normalized spacial score (nSPS) is 14.0. The van der Waals surface area contributed by atoms with E-state index in [0.29, 0.717) is 6.54 Å². The van der Waals surface area contributed by atoms with Crippen LogP contribution in [0.2, 0.25) is 0 Å². The first-order valence-electron chi connectivity index (χ1n) is 6.48. The van der Waals surface area contributed by atoms with Crippen molar-refractivity contribution in [3.63, 3.8) is 0 Å². The highest BCUT2D eigenvalue weighted by atomic mass is 79.9. The van der Waals surface area contributed by atoms with Crippen molar-refractivity contribution in [1.29, 1.82) is 0 Å². The van der Waals surface area contributed by atoms with Crippen molar-refractivity contribution in [1.82, 2.24) is 5.32 Å². The van der Waals surface area contributed by atoms with Crippen molar-refractivity contribution < 1.29 is 9.50 Å². The van der Waals surface area contributed by atoms with Gasteiger partial charge in [0.25, 0.3) is 0 Å². The minimum absolute atomic E-state index is 0.0208. The molecule has 0 saturated heterocycles. The molecule has 2 nitrogen and oxygen atoms in total. The fourth-order valence-electron chi connectivity index (χ4n) is 2.01. The molecule has 0 aliphatic carbocycles. The third-order valence-corrected chi connectivity index (χ3v) is 3.69. The number of aliphatic hydroxyl groups excluding tert-OH is 1. The number of nitrogens with one attached hydrogen (secondary N) is 1. The molecule has 0 aromatic heterocycles. The van der Waals surface area contributed by atoms with E-state index >= 15 is 0 Å².